The third kappa shape index (κ3) is 5.70. The van der Waals surface area contributed by atoms with Crippen LogP contribution in [-0.2, 0) is 24.2 Å². The number of hydrogen-bond acceptors (Lipinski definition) is 8. The SMILES string of the molecule is Cc1ccc(S(=O)(=O)CCC(=O)OCC(=O)C(C#N)c2nc(C)cs2)cc1. The summed E-state index contributed by atoms with van der Waals surface area (Å²) in [4.78, 5) is 28.1. The van der Waals surface area contributed by atoms with E-state index in [4.69, 9.17) is 10.00 Å². The second kappa shape index (κ2) is 8.88. The molecule has 0 bridgehead atoms. The van der Waals surface area contributed by atoms with Crippen LogP contribution in [-0.4, -0.2) is 37.5 Å². The zero-order valence-electron chi connectivity index (χ0n) is 14.8. The normalized spacial score (nSPS) is 12.2. The molecular weight excluding hydrogens is 388 g/mol. The fourth-order valence-electron chi connectivity index (χ4n) is 2.16. The van der Waals surface area contributed by atoms with E-state index in [2.05, 4.69) is 4.98 Å². The van der Waals surface area contributed by atoms with Crippen LogP contribution in [0.2, 0.25) is 0 Å². The van der Waals surface area contributed by atoms with Gasteiger partial charge in [-0.15, -0.1) is 11.3 Å². The van der Waals surface area contributed by atoms with Gasteiger partial charge < -0.3 is 4.74 Å². The molecule has 1 aromatic carbocycles. The summed E-state index contributed by atoms with van der Waals surface area (Å²) in [5.74, 6) is -2.93. The first kappa shape index (κ1) is 20.7. The van der Waals surface area contributed by atoms with E-state index in [1.165, 1.54) is 23.5 Å². The molecule has 2 aromatic rings. The molecule has 1 heterocycles. The minimum absolute atomic E-state index is 0.126. The summed E-state index contributed by atoms with van der Waals surface area (Å²) in [7, 11) is -3.62. The fraction of sp³-hybridized carbons (Fsp3) is 0.333. The number of aryl methyl sites for hydroxylation is 2. The van der Waals surface area contributed by atoms with E-state index in [1.807, 2.05) is 13.0 Å². The van der Waals surface area contributed by atoms with E-state index in [9.17, 15) is 18.0 Å². The molecule has 0 saturated heterocycles. The lowest BCUT2D eigenvalue weighted by molar-refractivity contribution is -0.147. The van der Waals surface area contributed by atoms with Gasteiger partial charge >= 0.3 is 5.97 Å². The number of thiazole rings is 1. The molecule has 0 fully saturated rings. The van der Waals surface area contributed by atoms with E-state index >= 15 is 0 Å². The highest BCUT2D eigenvalue weighted by molar-refractivity contribution is 7.91. The molecule has 1 aromatic heterocycles. The summed E-state index contributed by atoms with van der Waals surface area (Å²) in [5.41, 5.74) is 1.62. The van der Waals surface area contributed by atoms with E-state index in [0.29, 0.717) is 10.7 Å². The molecule has 0 amide bonds. The van der Waals surface area contributed by atoms with Crippen molar-refractivity contribution < 1.29 is 22.7 Å². The van der Waals surface area contributed by atoms with Gasteiger partial charge in [0.15, 0.2) is 28.1 Å². The molecule has 0 spiro atoms. The molecule has 27 heavy (non-hydrogen) atoms. The maximum Gasteiger partial charge on any atom is 0.307 e. The second-order valence-corrected chi connectivity index (χ2v) is 8.90. The number of carbonyl (C=O) groups is 2. The van der Waals surface area contributed by atoms with Crippen molar-refractivity contribution in [3.05, 3.63) is 45.9 Å². The maximum absolute atomic E-state index is 12.2. The molecule has 1 unspecified atom stereocenters. The molecule has 7 nitrogen and oxygen atoms in total. The Morgan fingerprint density at radius 1 is 1.26 bits per heavy atom. The number of esters is 1. The number of ether oxygens (including phenoxy) is 1. The first-order chi connectivity index (χ1) is 12.7. The molecular formula is C18H18N2O5S2. The summed E-state index contributed by atoms with van der Waals surface area (Å²) >= 11 is 1.18. The van der Waals surface area contributed by atoms with E-state index < -0.39 is 39.9 Å². The molecule has 0 N–H and O–H groups in total. The van der Waals surface area contributed by atoms with Crippen molar-refractivity contribution in [2.75, 3.05) is 12.4 Å². The summed E-state index contributed by atoms with van der Waals surface area (Å²) in [5, 5.41) is 11.2. The van der Waals surface area contributed by atoms with Crippen LogP contribution >= 0.6 is 11.3 Å². The van der Waals surface area contributed by atoms with E-state index in [1.54, 1.807) is 24.4 Å². The third-order valence-corrected chi connectivity index (χ3v) is 6.42. The van der Waals surface area contributed by atoms with Gasteiger partial charge in [-0.2, -0.15) is 5.26 Å². The lowest BCUT2D eigenvalue weighted by Crippen LogP contribution is -2.21. The molecule has 0 aliphatic heterocycles. The van der Waals surface area contributed by atoms with Crippen molar-refractivity contribution in [3.63, 3.8) is 0 Å². The van der Waals surface area contributed by atoms with Crippen LogP contribution in [0.15, 0.2) is 34.5 Å². The number of benzene rings is 1. The Morgan fingerprint density at radius 3 is 2.48 bits per heavy atom. The zero-order valence-corrected chi connectivity index (χ0v) is 16.5. The summed E-state index contributed by atoms with van der Waals surface area (Å²) in [6, 6.07) is 8.15. The quantitative estimate of drug-likeness (QED) is 0.618. The van der Waals surface area contributed by atoms with Crippen LogP contribution in [0.5, 0.6) is 0 Å². The highest BCUT2D eigenvalue weighted by Crippen LogP contribution is 2.21. The molecule has 0 saturated carbocycles. The number of carbonyl (C=O) groups excluding carboxylic acids is 2. The number of aromatic nitrogens is 1. The van der Waals surface area contributed by atoms with Crippen molar-refractivity contribution >= 4 is 32.9 Å². The van der Waals surface area contributed by atoms with Crippen molar-refractivity contribution in [2.24, 2.45) is 0 Å². The predicted molar refractivity (Wildman–Crippen MR) is 99.0 cm³/mol. The Balaban J connectivity index is 1.87. The topological polar surface area (TPSA) is 114 Å². The zero-order chi connectivity index (χ0) is 20.0. The summed E-state index contributed by atoms with van der Waals surface area (Å²) in [6.45, 7) is 2.99. The van der Waals surface area contributed by atoms with Gasteiger partial charge in [0.05, 0.1) is 23.1 Å². The second-order valence-electron chi connectivity index (χ2n) is 5.90. The number of hydrogen-bond donors (Lipinski definition) is 0. The molecule has 2 rings (SSSR count). The van der Waals surface area contributed by atoms with Gasteiger partial charge in [-0.05, 0) is 26.0 Å². The predicted octanol–water partition coefficient (Wildman–Crippen LogP) is 2.34. The Labute approximate surface area is 161 Å². The lowest BCUT2D eigenvalue weighted by atomic mass is 10.1. The van der Waals surface area contributed by atoms with Crippen molar-refractivity contribution in [2.45, 2.75) is 31.1 Å². The largest absolute Gasteiger partial charge is 0.458 e. The van der Waals surface area contributed by atoms with Crippen LogP contribution in [0.4, 0.5) is 0 Å². The number of nitrogens with zero attached hydrogens (tertiary/aromatic N) is 2. The Hall–Kier alpha value is -2.57. The van der Waals surface area contributed by atoms with Crippen LogP contribution < -0.4 is 0 Å². The molecule has 1 atom stereocenters. The highest BCUT2D eigenvalue weighted by Gasteiger charge is 2.25. The number of sulfone groups is 1. The minimum Gasteiger partial charge on any atom is -0.458 e. The van der Waals surface area contributed by atoms with Gasteiger partial charge in [0.2, 0.25) is 0 Å². The molecule has 0 radical (unpaired) electrons. The van der Waals surface area contributed by atoms with Gasteiger partial charge in [0.1, 0.15) is 5.01 Å². The molecule has 9 heteroatoms. The number of Topliss-reactive ketones (excluding diaryl/α,β-unsaturated/α-hetero) is 1. The summed E-state index contributed by atoms with van der Waals surface area (Å²) in [6.07, 6.45) is -0.378. The number of nitriles is 1. The first-order valence-electron chi connectivity index (χ1n) is 8.02. The number of ketones is 1. The Bertz CT molecular complexity index is 972. The van der Waals surface area contributed by atoms with E-state index in [0.717, 1.165) is 5.56 Å². The van der Waals surface area contributed by atoms with Gasteiger partial charge in [0, 0.05) is 11.1 Å². The maximum atomic E-state index is 12.2. The van der Waals surface area contributed by atoms with Crippen LogP contribution in [0.1, 0.15) is 28.6 Å². The van der Waals surface area contributed by atoms with Crippen LogP contribution in [0, 0.1) is 25.2 Å². The molecule has 0 aliphatic rings. The summed E-state index contributed by atoms with van der Waals surface area (Å²) < 4.78 is 29.2. The van der Waals surface area contributed by atoms with Gasteiger partial charge in [0.25, 0.3) is 0 Å². The highest BCUT2D eigenvalue weighted by atomic mass is 32.2. The standard InChI is InChI=1S/C18H18N2O5S2/c1-12-3-5-14(6-4-12)27(23,24)8-7-17(22)25-10-16(21)15(9-19)18-20-13(2)11-26-18/h3-6,11,15H,7-8,10H2,1-2H3. The van der Waals surface area contributed by atoms with Crippen molar-refractivity contribution in [3.8, 4) is 6.07 Å². The molecule has 0 aliphatic carbocycles. The van der Waals surface area contributed by atoms with E-state index in [-0.39, 0.29) is 11.3 Å². The third-order valence-electron chi connectivity index (χ3n) is 3.67. The van der Waals surface area contributed by atoms with Crippen LogP contribution in [0.25, 0.3) is 0 Å². The first-order valence-corrected chi connectivity index (χ1v) is 10.6. The average molecular weight is 406 g/mol. The fourth-order valence-corrected chi connectivity index (χ4v) is 4.24. The molecule has 142 valence electrons. The minimum atomic E-state index is -3.62. The monoisotopic (exact) mass is 406 g/mol. The van der Waals surface area contributed by atoms with Gasteiger partial charge in [-0.3, -0.25) is 9.59 Å². The Morgan fingerprint density at radius 2 is 1.93 bits per heavy atom. The average Bonchev–Trinajstić information content (AvgIpc) is 3.05. The Kier molecular flexibility index (Phi) is 6.82. The van der Waals surface area contributed by atoms with Gasteiger partial charge in [-0.25, -0.2) is 13.4 Å². The van der Waals surface area contributed by atoms with Crippen molar-refractivity contribution in [1.29, 1.82) is 5.26 Å². The van der Waals surface area contributed by atoms with Crippen molar-refractivity contribution in [1.82, 2.24) is 4.98 Å². The van der Waals surface area contributed by atoms with Gasteiger partial charge in [-0.1, -0.05) is 17.7 Å². The lowest BCUT2D eigenvalue weighted by Gasteiger charge is -2.08. The smallest absolute Gasteiger partial charge is 0.307 e. The number of rotatable bonds is 8. The van der Waals surface area contributed by atoms with Crippen LogP contribution in [0.3, 0.4) is 0 Å².